The Morgan fingerprint density at radius 1 is 1.24 bits per heavy atom. The Hall–Kier alpha value is -1.09. The summed E-state index contributed by atoms with van der Waals surface area (Å²) in [6.07, 6.45) is 3.61. The van der Waals surface area contributed by atoms with Crippen LogP contribution >= 0.6 is 15.9 Å². The van der Waals surface area contributed by atoms with Crippen LogP contribution in [0, 0.1) is 0 Å². The number of aliphatic imine (C=N–C) groups is 1. The van der Waals surface area contributed by atoms with Crippen molar-refractivity contribution in [3.05, 3.63) is 33.9 Å². The van der Waals surface area contributed by atoms with Crippen molar-refractivity contribution in [3.63, 3.8) is 0 Å². The van der Waals surface area contributed by atoms with E-state index in [1.807, 2.05) is 0 Å². The maximum absolute atomic E-state index is 4.70. The predicted octanol–water partition coefficient (Wildman–Crippen LogP) is 3.54. The summed E-state index contributed by atoms with van der Waals surface area (Å²) in [6, 6.07) is 6.64. The molecule has 2 aromatic rings. The van der Waals surface area contributed by atoms with E-state index in [1.165, 1.54) is 45.2 Å². The van der Waals surface area contributed by atoms with Crippen LogP contribution in [0.4, 0.5) is 0 Å². The summed E-state index contributed by atoms with van der Waals surface area (Å²) in [5.74, 6) is 0. The van der Waals surface area contributed by atoms with Gasteiger partial charge in [0.2, 0.25) is 0 Å². The molecule has 2 aliphatic rings. The third-order valence-electron chi connectivity index (χ3n) is 3.87. The number of nitrogens with zero attached hydrogens (tertiary/aromatic N) is 2. The first kappa shape index (κ1) is 9.89. The van der Waals surface area contributed by atoms with Gasteiger partial charge in [0, 0.05) is 21.9 Å². The van der Waals surface area contributed by atoms with Crippen molar-refractivity contribution in [2.24, 2.45) is 4.99 Å². The fourth-order valence-corrected chi connectivity index (χ4v) is 3.56. The number of fused-ring (bicyclic) bond motifs is 3. The van der Waals surface area contributed by atoms with Crippen molar-refractivity contribution in [2.75, 3.05) is 6.54 Å². The Morgan fingerprint density at radius 2 is 2.18 bits per heavy atom. The largest absolute Gasteiger partial charge is 0.337 e. The Balaban J connectivity index is 2.16. The van der Waals surface area contributed by atoms with E-state index >= 15 is 0 Å². The van der Waals surface area contributed by atoms with Gasteiger partial charge in [-0.3, -0.25) is 4.99 Å². The lowest BCUT2D eigenvalue weighted by atomic mass is 9.93. The number of rotatable bonds is 0. The number of halogens is 1. The summed E-state index contributed by atoms with van der Waals surface area (Å²) in [5.41, 5.74) is 5.67. The molecular formula is C14H13BrN2. The van der Waals surface area contributed by atoms with Crippen molar-refractivity contribution >= 4 is 32.5 Å². The average molecular weight is 289 g/mol. The molecule has 0 unspecified atom stereocenters. The van der Waals surface area contributed by atoms with Crippen LogP contribution in [-0.4, -0.2) is 16.8 Å². The SMILES string of the molecule is Brc1ccc2c(c1)c1c3n2CCN=C3CCC1. The second-order valence-electron chi connectivity index (χ2n) is 4.82. The molecule has 1 aliphatic heterocycles. The summed E-state index contributed by atoms with van der Waals surface area (Å²) in [7, 11) is 0. The minimum atomic E-state index is 0.946. The normalized spacial score (nSPS) is 18.1. The Bertz CT molecular complexity index is 652. The molecule has 0 atom stereocenters. The maximum Gasteiger partial charge on any atom is 0.0665 e. The summed E-state index contributed by atoms with van der Waals surface area (Å²) >= 11 is 3.58. The molecule has 86 valence electrons. The first-order valence-electron chi connectivity index (χ1n) is 6.19. The average Bonchev–Trinajstić information content (AvgIpc) is 2.67. The highest BCUT2D eigenvalue weighted by Crippen LogP contribution is 2.35. The van der Waals surface area contributed by atoms with E-state index in [0.29, 0.717) is 0 Å². The molecule has 0 amide bonds. The molecule has 0 saturated heterocycles. The molecule has 0 fully saturated rings. The van der Waals surface area contributed by atoms with E-state index in [0.717, 1.165) is 19.5 Å². The molecule has 4 rings (SSSR count). The van der Waals surface area contributed by atoms with Crippen LogP contribution in [0.3, 0.4) is 0 Å². The van der Waals surface area contributed by atoms with E-state index in [4.69, 9.17) is 4.99 Å². The quantitative estimate of drug-likeness (QED) is 0.706. The van der Waals surface area contributed by atoms with Crippen molar-refractivity contribution in [1.82, 2.24) is 4.57 Å². The van der Waals surface area contributed by atoms with Gasteiger partial charge < -0.3 is 4.57 Å². The summed E-state index contributed by atoms with van der Waals surface area (Å²) in [5, 5.41) is 1.42. The molecule has 0 spiro atoms. The Labute approximate surface area is 108 Å². The lowest BCUT2D eigenvalue weighted by molar-refractivity contribution is 0.682. The fourth-order valence-electron chi connectivity index (χ4n) is 3.20. The van der Waals surface area contributed by atoms with Crippen molar-refractivity contribution < 1.29 is 0 Å². The zero-order valence-electron chi connectivity index (χ0n) is 9.54. The summed E-state index contributed by atoms with van der Waals surface area (Å²) < 4.78 is 3.65. The minimum absolute atomic E-state index is 0.946. The molecule has 1 aromatic heterocycles. The molecular weight excluding hydrogens is 276 g/mol. The number of hydrogen-bond acceptors (Lipinski definition) is 1. The van der Waals surface area contributed by atoms with Gasteiger partial charge in [0.05, 0.1) is 18.0 Å². The smallest absolute Gasteiger partial charge is 0.0665 e. The van der Waals surface area contributed by atoms with Crippen molar-refractivity contribution in [1.29, 1.82) is 0 Å². The van der Waals surface area contributed by atoms with Crippen LogP contribution in [0.15, 0.2) is 27.7 Å². The van der Waals surface area contributed by atoms with Gasteiger partial charge in [0.25, 0.3) is 0 Å². The summed E-state index contributed by atoms with van der Waals surface area (Å²) in [4.78, 5) is 4.70. The molecule has 2 nitrogen and oxygen atoms in total. The number of hydrogen-bond donors (Lipinski definition) is 0. The first-order valence-corrected chi connectivity index (χ1v) is 6.98. The molecule has 2 heterocycles. The minimum Gasteiger partial charge on any atom is -0.337 e. The van der Waals surface area contributed by atoms with Gasteiger partial charge in [-0.15, -0.1) is 0 Å². The van der Waals surface area contributed by atoms with Crippen LogP contribution in [0.2, 0.25) is 0 Å². The molecule has 0 bridgehead atoms. The van der Waals surface area contributed by atoms with Gasteiger partial charge in [0.1, 0.15) is 0 Å². The van der Waals surface area contributed by atoms with Gasteiger partial charge in [-0.05, 0) is 43.0 Å². The van der Waals surface area contributed by atoms with Crippen LogP contribution in [0.25, 0.3) is 10.9 Å². The van der Waals surface area contributed by atoms with E-state index < -0.39 is 0 Å². The van der Waals surface area contributed by atoms with Gasteiger partial charge in [-0.25, -0.2) is 0 Å². The molecule has 0 N–H and O–H groups in total. The third kappa shape index (κ3) is 1.29. The molecule has 3 heteroatoms. The molecule has 0 saturated carbocycles. The van der Waals surface area contributed by atoms with Crippen LogP contribution in [-0.2, 0) is 13.0 Å². The number of aryl methyl sites for hydroxylation is 1. The van der Waals surface area contributed by atoms with E-state index in [1.54, 1.807) is 0 Å². The first-order chi connectivity index (χ1) is 8.34. The molecule has 1 aliphatic carbocycles. The predicted molar refractivity (Wildman–Crippen MR) is 74.0 cm³/mol. The van der Waals surface area contributed by atoms with Gasteiger partial charge in [-0.1, -0.05) is 15.9 Å². The molecule has 17 heavy (non-hydrogen) atoms. The third-order valence-corrected chi connectivity index (χ3v) is 4.36. The van der Waals surface area contributed by atoms with Gasteiger partial charge in [0.15, 0.2) is 0 Å². The van der Waals surface area contributed by atoms with Crippen LogP contribution in [0.1, 0.15) is 24.1 Å². The Kier molecular flexibility index (Phi) is 2.01. The number of aromatic nitrogens is 1. The monoisotopic (exact) mass is 288 g/mol. The van der Waals surface area contributed by atoms with Gasteiger partial charge >= 0.3 is 0 Å². The zero-order chi connectivity index (χ0) is 11.4. The second-order valence-corrected chi connectivity index (χ2v) is 5.74. The highest BCUT2D eigenvalue weighted by Gasteiger charge is 2.26. The highest BCUT2D eigenvalue weighted by atomic mass is 79.9. The lowest BCUT2D eigenvalue weighted by Crippen LogP contribution is -2.22. The number of benzene rings is 1. The highest BCUT2D eigenvalue weighted by molar-refractivity contribution is 9.10. The maximum atomic E-state index is 4.70. The lowest BCUT2D eigenvalue weighted by Gasteiger charge is -2.21. The van der Waals surface area contributed by atoms with Crippen molar-refractivity contribution in [2.45, 2.75) is 25.8 Å². The summed E-state index contributed by atoms with van der Waals surface area (Å²) in [6.45, 7) is 1.98. The standard InChI is InChI=1S/C14H13BrN2/c15-9-4-5-13-11(8-9)10-2-1-3-12-14(10)17(13)7-6-16-12/h4-5,8H,1-3,6-7H2. The van der Waals surface area contributed by atoms with Crippen LogP contribution in [0.5, 0.6) is 0 Å². The van der Waals surface area contributed by atoms with Gasteiger partial charge in [-0.2, -0.15) is 0 Å². The Morgan fingerprint density at radius 3 is 3.12 bits per heavy atom. The van der Waals surface area contributed by atoms with Crippen molar-refractivity contribution in [3.8, 4) is 0 Å². The van der Waals surface area contributed by atoms with E-state index in [-0.39, 0.29) is 0 Å². The fraction of sp³-hybridized carbons (Fsp3) is 0.357. The topological polar surface area (TPSA) is 17.3 Å². The zero-order valence-corrected chi connectivity index (χ0v) is 11.1. The van der Waals surface area contributed by atoms with E-state index in [2.05, 4.69) is 38.7 Å². The second kappa shape index (κ2) is 3.45. The van der Waals surface area contributed by atoms with E-state index in [9.17, 15) is 0 Å². The molecule has 1 aromatic carbocycles. The van der Waals surface area contributed by atoms with Crippen LogP contribution < -0.4 is 0 Å². The molecule has 0 radical (unpaired) electrons.